The van der Waals surface area contributed by atoms with E-state index in [0.717, 1.165) is 0 Å². The highest BCUT2D eigenvalue weighted by molar-refractivity contribution is 9.10. The van der Waals surface area contributed by atoms with E-state index in [1.54, 1.807) is 6.07 Å². The molecule has 0 aliphatic carbocycles. The number of aliphatic carboxylic acids is 1. The molecule has 1 heterocycles. The number of hydrogen-bond acceptors (Lipinski definition) is 2. The number of likely N-dealkylation sites (tertiary alicyclic amines) is 1. The maximum Gasteiger partial charge on any atom is 0.317 e. The molecule has 108 valence electrons. The van der Waals surface area contributed by atoms with E-state index in [4.69, 9.17) is 5.11 Å². The number of amides is 2. The van der Waals surface area contributed by atoms with Gasteiger partial charge in [-0.1, -0.05) is 15.9 Å². The lowest BCUT2D eigenvalue weighted by atomic mass is 10.1. The van der Waals surface area contributed by atoms with Gasteiger partial charge in [0.15, 0.2) is 0 Å². The van der Waals surface area contributed by atoms with Gasteiger partial charge in [-0.05, 0) is 30.2 Å². The monoisotopic (exact) mass is 344 g/mol. The van der Waals surface area contributed by atoms with Crippen molar-refractivity contribution in [3.05, 3.63) is 34.1 Å². The fraction of sp³-hybridized carbons (Fsp3) is 0.385. The number of rotatable bonds is 3. The minimum absolute atomic E-state index is 0.198. The van der Waals surface area contributed by atoms with Gasteiger partial charge in [0.25, 0.3) is 0 Å². The van der Waals surface area contributed by atoms with Crippen molar-refractivity contribution in [2.45, 2.75) is 13.0 Å². The van der Waals surface area contributed by atoms with Gasteiger partial charge in [-0.3, -0.25) is 4.79 Å². The van der Waals surface area contributed by atoms with E-state index >= 15 is 0 Å². The van der Waals surface area contributed by atoms with Gasteiger partial charge in [-0.2, -0.15) is 0 Å². The molecule has 2 amide bonds. The number of hydrogen-bond donors (Lipinski definition) is 2. The summed E-state index contributed by atoms with van der Waals surface area (Å²) >= 11 is 3.18. The minimum atomic E-state index is -0.880. The highest BCUT2D eigenvalue weighted by Gasteiger charge is 2.30. The summed E-state index contributed by atoms with van der Waals surface area (Å²) in [5, 5.41) is 11.5. The van der Waals surface area contributed by atoms with Crippen LogP contribution in [0, 0.1) is 11.7 Å². The van der Waals surface area contributed by atoms with Gasteiger partial charge in [-0.25, -0.2) is 9.18 Å². The fourth-order valence-electron chi connectivity index (χ4n) is 2.15. The van der Waals surface area contributed by atoms with Crippen LogP contribution in [0.4, 0.5) is 9.18 Å². The van der Waals surface area contributed by atoms with Crippen molar-refractivity contribution in [1.29, 1.82) is 0 Å². The van der Waals surface area contributed by atoms with E-state index in [-0.39, 0.29) is 24.9 Å². The molecular weight excluding hydrogens is 331 g/mol. The molecule has 5 nitrogen and oxygen atoms in total. The third kappa shape index (κ3) is 3.69. The van der Waals surface area contributed by atoms with Crippen molar-refractivity contribution in [2.24, 2.45) is 5.92 Å². The van der Waals surface area contributed by atoms with Crippen LogP contribution in [0.3, 0.4) is 0 Å². The number of urea groups is 1. The molecule has 0 radical (unpaired) electrons. The Hall–Kier alpha value is -1.63. The zero-order valence-electron chi connectivity index (χ0n) is 10.6. The Morgan fingerprint density at radius 3 is 2.80 bits per heavy atom. The average Bonchev–Trinajstić information content (AvgIpc) is 2.84. The van der Waals surface area contributed by atoms with Crippen molar-refractivity contribution in [1.82, 2.24) is 10.2 Å². The van der Waals surface area contributed by atoms with Gasteiger partial charge in [0.05, 0.1) is 5.92 Å². The third-order valence-corrected chi connectivity index (χ3v) is 3.65. The van der Waals surface area contributed by atoms with Crippen LogP contribution < -0.4 is 5.32 Å². The first-order valence-corrected chi connectivity index (χ1v) is 6.95. The van der Waals surface area contributed by atoms with Crippen molar-refractivity contribution in [2.75, 3.05) is 13.1 Å². The zero-order chi connectivity index (χ0) is 14.7. The molecule has 1 aliphatic heterocycles. The lowest BCUT2D eigenvalue weighted by Crippen LogP contribution is -2.38. The molecule has 20 heavy (non-hydrogen) atoms. The SMILES string of the molecule is O=C(O)C1CCN(C(=O)NCc2cc(F)cc(Br)c2)C1. The lowest BCUT2D eigenvalue weighted by molar-refractivity contribution is -0.141. The maximum atomic E-state index is 13.2. The van der Waals surface area contributed by atoms with Crippen molar-refractivity contribution in [3.8, 4) is 0 Å². The number of carbonyl (C=O) groups is 2. The fourth-order valence-corrected chi connectivity index (χ4v) is 2.66. The van der Waals surface area contributed by atoms with Gasteiger partial charge in [0.2, 0.25) is 0 Å². The molecule has 2 N–H and O–H groups in total. The summed E-state index contributed by atoms with van der Waals surface area (Å²) in [5.41, 5.74) is 0.638. The standard InChI is InChI=1S/C13H14BrFN2O3/c14-10-3-8(4-11(15)5-10)6-16-13(20)17-2-1-9(7-17)12(18)19/h3-5,9H,1-2,6-7H2,(H,16,20)(H,18,19). The Balaban J connectivity index is 1.88. The largest absolute Gasteiger partial charge is 0.481 e. The van der Waals surface area contributed by atoms with Crippen LogP contribution in [-0.2, 0) is 11.3 Å². The maximum absolute atomic E-state index is 13.2. The number of benzene rings is 1. The molecule has 1 atom stereocenters. The van der Waals surface area contributed by atoms with E-state index in [1.165, 1.54) is 17.0 Å². The molecule has 0 spiro atoms. The van der Waals surface area contributed by atoms with Crippen LogP contribution in [0.25, 0.3) is 0 Å². The van der Waals surface area contributed by atoms with Crippen LogP contribution >= 0.6 is 15.9 Å². The highest BCUT2D eigenvalue weighted by Crippen LogP contribution is 2.17. The molecule has 0 aromatic heterocycles. The van der Waals surface area contributed by atoms with E-state index in [9.17, 15) is 14.0 Å². The Bertz CT molecular complexity index is 518. The average molecular weight is 345 g/mol. The second-order valence-corrected chi connectivity index (χ2v) is 5.62. The topological polar surface area (TPSA) is 69.6 Å². The molecule has 2 rings (SSSR count). The van der Waals surface area contributed by atoms with E-state index in [0.29, 0.717) is 23.0 Å². The van der Waals surface area contributed by atoms with Crippen LogP contribution in [0.15, 0.2) is 22.7 Å². The van der Waals surface area contributed by atoms with Crippen LogP contribution in [0.1, 0.15) is 12.0 Å². The Morgan fingerprint density at radius 2 is 2.20 bits per heavy atom. The number of carboxylic acids is 1. The first-order chi connectivity index (χ1) is 9.45. The molecule has 0 saturated carbocycles. The molecule has 1 unspecified atom stereocenters. The smallest absolute Gasteiger partial charge is 0.317 e. The predicted octanol–water partition coefficient (Wildman–Crippen LogP) is 2.20. The van der Waals surface area contributed by atoms with Crippen LogP contribution in [0.5, 0.6) is 0 Å². The number of carboxylic acid groups (broad SMARTS) is 1. The number of nitrogens with one attached hydrogen (secondary N) is 1. The molecule has 1 saturated heterocycles. The first kappa shape index (κ1) is 14.8. The summed E-state index contributed by atoms with van der Waals surface area (Å²) in [6.45, 7) is 0.840. The summed E-state index contributed by atoms with van der Waals surface area (Å²) in [6.07, 6.45) is 0.467. The van der Waals surface area contributed by atoms with Gasteiger partial charge in [0.1, 0.15) is 5.82 Å². The molecule has 1 aromatic carbocycles. The Labute approximate surface area is 123 Å². The molecular formula is C13H14BrFN2O3. The molecule has 1 aromatic rings. The molecule has 7 heteroatoms. The van der Waals surface area contributed by atoms with E-state index in [2.05, 4.69) is 21.2 Å². The second kappa shape index (κ2) is 6.21. The third-order valence-electron chi connectivity index (χ3n) is 3.19. The first-order valence-electron chi connectivity index (χ1n) is 6.16. The number of carbonyl (C=O) groups excluding carboxylic acids is 1. The second-order valence-electron chi connectivity index (χ2n) is 4.71. The number of halogens is 2. The summed E-state index contributed by atoms with van der Waals surface area (Å²) in [4.78, 5) is 24.2. The van der Waals surface area contributed by atoms with Crippen LogP contribution in [-0.4, -0.2) is 35.1 Å². The van der Waals surface area contributed by atoms with Crippen LogP contribution in [0.2, 0.25) is 0 Å². The molecule has 1 aliphatic rings. The zero-order valence-corrected chi connectivity index (χ0v) is 12.2. The van der Waals surface area contributed by atoms with Crippen molar-refractivity contribution in [3.63, 3.8) is 0 Å². The number of nitrogens with zero attached hydrogens (tertiary/aromatic N) is 1. The summed E-state index contributed by atoms with van der Waals surface area (Å²) < 4.78 is 13.8. The quantitative estimate of drug-likeness (QED) is 0.883. The minimum Gasteiger partial charge on any atom is -0.481 e. The summed E-state index contributed by atoms with van der Waals surface area (Å²) in [5.74, 6) is -1.76. The normalized spacial score (nSPS) is 18.1. The highest BCUT2D eigenvalue weighted by atomic mass is 79.9. The molecule has 1 fully saturated rings. The van der Waals surface area contributed by atoms with Crippen molar-refractivity contribution >= 4 is 27.9 Å². The molecule has 0 bridgehead atoms. The Kier molecular flexibility index (Phi) is 4.59. The predicted molar refractivity (Wildman–Crippen MR) is 73.7 cm³/mol. The lowest BCUT2D eigenvalue weighted by Gasteiger charge is -2.16. The van der Waals surface area contributed by atoms with E-state index in [1.807, 2.05) is 0 Å². The van der Waals surface area contributed by atoms with Gasteiger partial charge < -0.3 is 15.3 Å². The van der Waals surface area contributed by atoms with E-state index < -0.39 is 11.9 Å². The van der Waals surface area contributed by atoms with Gasteiger partial charge >= 0.3 is 12.0 Å². The van der Waals surface area contributed by atoms with Gasteiger partial charge in [0, 0.05) is 24.1 Å². The van der Waals surface area contributed by atoms with Gasteiger partial charge in [-0.15, -0.1) is 0 Å². The summed E-state index contributed by atoms with van der Waals surface area (Å²) in [7, 11) is 0. The Morgan fingerprint density at radius 1 is 1.45 bits per heavy atom. The van der Waals surface area contributed by atoms with Crippen molar-refractivity contribution < 1.29 is 19.1 Å². The summed E-state index contributed by atoms with van der Waals surface area (Å²) in [6, 6.07) is 4.07.